The molecular weight excluding hydrogens is 342 g/mol. The molecule has 1 saturated carbocycles. The lowest BCUT2D eigenvalue weighted by atomic mass is 9.79. The van der Waals surface area contributed by atoms with Crippen LogP contribution in [0.25, 0.3) is 0 Å². The third-order valence-electron chi connectivity index (χ3n) is 7.53. The van der Waals surface area contributed by atoms with E-state index in [9.17, 15) is 5.11 Å². The fraction of sp³-hybridized carbons (Fsp3) is 0.769. The van der Waals surface area contributed by atoms with E-state index in [1.165, 1.54) is 64.2 Å². The van der Waals surface area contributed by atoms with Crippen LogP contribution in [0.15, 0.2) is 18.2 Å². The zero-order valence-corrected chi connectivity index (χ0v) is 18.6. The van der Waals surface area contributed by atoms with Gasteiger partial charge in [0.05, 0.1) is 5.60 Å². The van der Waals surface area contributed by atoms with Gasteiger partial charge in [0.2, 0.25) is 0 Å². The molecule has 0 bridgehead atoms. The molecule has 3 rings (SSSR count). The lowest BCUT2D eigenvalue weighted by molar-refractivity contribution is 0.0680. The molecular formula is C26H43NO. The first kappa shape index (κ1) is 21.8. The van der Waals surface area contributed by atoms with Gasteiger partial charge >= 0.3 is 0 Å². The summed E-state index contributed by atoms with van der Waals surface area (Å²) in [5, 5.41) is 9.79. The predicted molar refractivity (Wildman–Crippen MR) is 120 cm³/mol. The summed E-state index contributed by atoms with van der Waals surface area (Å²) in [6.45, 7) is 6.07. The molecule has 0 saturated heterocycles. The number of hydrogen-bond acceptors (Lipinski definition) is 2. The second-order valence-electron chi connectivity index (χ2n) is 10.6. The van der Waals surface area contributed by atoms with Crippen molar-refractivity contribution in [2.45, 2.75) is 121 Å². The maximum Gasteiger partial charge on any atom is 0.0591 e. The first-order chi connectivity index (χ1) is 13.3. The summed E-state index contributed by atoms with van der Waals surface area (Å²) < 4.78 is 0. The smallest absolute Gasteiger partial charge is 0.0591 e. The number of hydrogen-bond donors (Lipinski definition) is 2. The molecule has 2 aliphatic carbocycles. The molecule has 0 spiro atoms. The molecule has 1 aromatic carbocycles. The standard InChI is InChI=1S/C26H43NO/c1-4-26(27)16-14-24(19-26)23-13-12-21-17-20(10-11-22(21)18-23)9-7-5-6-8-15-25(2,3)28/h12-13,18,20,24,28H,4-11,14-17,19,27H2,1-3H3/t20-,24+,26-/m1/s1. The number of rotatable bonds is 9. The van der Waals surface area contributed by atoms with Crippen molar-refractivity contribution in [1.82, 2.24) is 0 Å². The monoisotopic (exact) mass is 385 g/mol. The second kappa shape index (κ2) is 9.30. The Morgan fingerprint density at radius 1 is 1.11 bits per heavy atom. The molecule has 158 valence electrons. The molecule has 0 aromatic heterocycles. The van der Waals surface area contributed by atoms with E-state index in [1.807, 2.05) is 13.8 Å². The number of nitrogens with two attached hydrogens (primary N) is 1. The minimum Gasteiger partial charge on any atom is -0.390 e. The lowest BCUT2D eigenvalue weighted by Crippen LogP contribution is -2.35. The zero-order chi connectivity index (χ0) is 20.2. The average molecular weight is 386 g/mol. The fourth-order valence-electron chi connectivity index (χ4n) is 5.46. The summed E-state index contributed by atoms with van der Waals surface area (Å²) in [6.07, 6.45) is 16.0. The topological polar surface area (TPSA) is 46.2 Å². The van der Waals surface area contributed by atoms with Gasteiger partial charge in [-0.2, -0.15) is 0 Å². The van der Waals surface area contributed by atoms with Gasteiger partial charge < -0.3 is 10.8 Å². The minimum absolute atomic E-state index is 0.0819. The van der Waals surface area contributed by atoms with E-state index in [0.717, 1.165) is 25.2 Å². The Labute approximate surface area is 173 Å². The highest BCUT2D eigenvalue weighted by Gasteiger charge is 2.35. The lowest BCUT2D eigenvalue weighted by Gasteiger charge is -2.26. The van der Waals surface area contributed by atoms with Crippen LogP contribution in [0, 0.1) is 5.92 Å². The zero-order valence-electron chi connectivity index (χ0n) is 18.6. The Bertz CT molecular complexity index is 632. The van der Waals surface area contributed by atoms with E-state index in [-0.39, 0.29) is 5.54 Å². The minimum atomic E-state index is -0.493. The SMILES string of the molecule is CC[C@@]1(N)CC[C@H](c2ccc3c(c2)CC[C@@H](CCCCCCC(C)(C)O)C3)C1. The van der Waals surface area contributed by atoms with Crippen molar-refractivity contribution in [1.29, 1.82) is 0 Å². The van der Waals surface area contributed by atoms with Gasteiger partial charge in [0.15, 0.2) is 0 Å². The normalized spacial score (nSPS) is 27.8. The first-order valence-electron chi connectivity index (χ1n) is 11.9. The number of benzene rings is 1. The van der Waals surface area contributed by atoms with Crippen molar-refractivity contribution in [3.8, 4) is 0 Å². The first-order valence-corrected chi connectivity index (χ1v) is 11.9. The fourth-order valence-corrected chi connectivity index (χ4v) is 5.46. The van der Waals surface area contributed by atoms with Gasteiger partial charge in [-0.25, -0.2) is 0 Å². The maximum atomic E-state index is 9.79. The summed E-state index contributed by atoms with van der Waals surface area (Å²) in [7, 11) is 0. The number of aryl methyl sites for hydroxylation is 1. The Kier molecular flexibility index (Phi) is 7.26. The van der Waals surface area contributed by atoms with Crippen LogP contribution in [-0.4, -0.2) is 16.2 Å². The van der Waals surface area contributed by atoms with Gasteiger partial charge in [0, 0.05) is 5.54 Å². The Hall–Kier alpha value is -0.860. The van der Waals surface area contributed by atoms with E-state index in [0.29, 0.717) is 5.92 Å². The Morgan fingerprint density at radius 3 is 2.61 bits per heavy atom. The van der Waals surface area contributed by atoms with Gasteiger partial charge in [0.25, 0.3) is 0 Å². The molecule has 0 amide bonds. The van der Waals surface area contributed by atoms with Gasteiger partial charge in [-0.3, -0.25) is 0 Å². The molecule has 1 fully saturated rings. The van der Waals surface area contributed by atoms with Crippen LogP contribution in [-0.2, 0) is 12.8 Å². The highest BCUT2D eigenvalue weighted by Crippen LogP contribution is 2.42. The summed E-state index contributed by atoms with van der Waals surface area (Å²) >= 11 is 0. The molecule has 3 N–H and O–H groups in total. The van der Waals surface area contributed by atoms with Crippen LogP contribution in [0.1, 0.15) is 114 Å². The van der Waals surface area contributed by atoms with Crippen molar-refractivity contribution < 1.29 is 5.11 Å². The van der Waals surface area contributed by atoms with Crippen molar-refractivity contribution in [2.75, 3.05) is 0 Å². The highest BCUT2D eigenvalue weighted by atomic mass is 16.3. The van der Waals surface area contributed by atoms with Crippen molar-refractivity contribution in [3.63, 3.8) is 0 Å². The van der Waals surface area contributed by atoms with Crippen molar-refractivity contribution in [2.24, 2.45) is 11.7 Å². The molecule has 2 nitrogen and oxygen atoms in total. The molecule has 2 aliphatic rings. The summed E-state index contributed by atoms with van der Waals surface area (Å²) in [5.74, 6) is 1.55. The van der Waals surface area contributed by atoms with Crippen LogP contribution in [0.4, 0.5) is 0 Å². The Morgan fingerprint density at radius 2 is 1.89 bits per heavy atom. The summed E-state index contributed by atoms with van der Waals surface area (Å²) in [5.41, 5.74) is 10.9. The largest absolute Gasteiger partial charge is 0.390 e. The Balaban J connectivity index is 1.43. The molecule has 3 atom stereocenters. The molecule has 0 aliphatic heterocycles. The number of unbranched alkanes of at least 4 members (excludes halogenated alkanes) is 3. The van der Waals surface area contributed by atoms with E-state index in [2.05, 4.69) is 25.1 Å². The van der Waals surface area contributed by atoms with Crippen LogP contribution in [0.2, 0.25) is 0 Å². The molecule has 28 heavy (non-hydrogen) atoms. The van der Waals surface area contributed by atoms with Crippen LogP contribution in [0.5, 0.6) is 0 Å². The number of fused-ring (bicyclic) bond motifs is 1. The van der Waals surface area contributed by atoms with Crippen LogP contribution >= 0.6 is 0 Å². The average Bonchev–Trinajstić information content (AvgIpc) is 3.06. The second-order valence-corrected chi connectivity index (χ2v) is 10.6. The van der Waals surface area contributed by atoms with Gasteiger partial charge in [-0.15, -0.1) is 0 Å². The third kappa shape index (κ3) is 6.07. The van der Waals surface area contributed by atoms with E-state index in [4.69, 9.17) is 5.73 Å². The van der Waals surface area contributed by atoms with Gasteiger partial charge in [0.1, 0.15) is 0 Å². The molecule has 0 radical (unpaired) electrons. The van der Waals surface area contributed by atoms with Gasteiger partial charge in [-0.05, 0) is 93.7 Å². The van der Waals surface area contributed by atoms with Gasteiger partial charge in [-0.1, -0.05) is 57.2 Å². The number of aliphatic hydroxyl groups is 1. The highest BCUT2D eigenvalue weighted by molar-refractivity contribution is 5.36. The molecule has 1 aromatic rings. The molecule has 0 heterocycles. The van der Waals surface area contributed by atoms with E-state index >= 15 is 0 Å². The van der Waals surface area contributed by atoms with E-state index in [1.54, 1.807) is 16.7 Å². The van der Waals surface area contributed by atoms with E-state index < -0.39 is 5.60 Å². The predicted octanol–water partition coefficient (Wildman–Crippen LogP) is 6.28. The third-order valence-corrected chi connectivity index (χ3v) is 7.53. The van der Waals surface area contributed by atoms with Crippen molar-refractivity contribution in [3.05, 3.63) is 34.9 Å². The quantitative estimate of drug-likeness (QED) is 0.491. The molecule has 2 heteroatoms. The molecule has 0 unspecified atom stereocenters. The maximum absolute atomic E-state index is 9.79. The van der Waals surface area contributed by atoms with Crippen LogP contribution < -0.4 is 5.73 Å². The summed E-state index contributed by atoms with van der Waals surface area (Å²) in [6, 6.07) is 7.36. The van der Waals surface area contributed by atoms with Crippen molar-refractivity contribution >= 4 is 0 Å². The summed E-state index contributed by atoms with van der Waals surface area (Å²) in [4.78, 5) is 0. The van der Waals surface area contributed by atoms with Crippen LogP contribution in [0.3, 0.4) is 0 Å².